The number of anilines is 1. The number of hydrogen-bond donors (Lipinski definition) is 1. The average molecular weight is 378 g/mol. The van der Waals surface area contributed by atoms with Crippen LogP contribution in [0.3, 0.4) is 0 Å². The highest BCUT2D eigenvalue weighted by Gasteiger charge is 2.28. The van der Waals surface area contributed by atoms with Crippen LogP contribution >= 0.6 is 23.4 Å². The largest absolute Gasteiger partial charge is 0.455 e. The quantitative estimate of drug-likeness (QED) is 0.759. The Balaban J connectivity index is 1.66. The molecule has 0 spiro atoms. The fourth-order valence-corrected chi connectivity index (χ4v) is 5.56. The first-order valence-corrected chi connectivity index (χ1v) is 10.1. The molecule has 1 aromatic rings. The third kappa shape index (κ3) is 6.40. The van der Waals surface area contributed by atoms with Crippen molar-refractivity contribution in [2.45, 2.75) is 11.7 Å². The number of ether oxygens (including phenoxy) is 1. The van der Waals surface area contributed by atoms with Crippen molar-refractivity contribution in [1.29, 1.82) is 0 Å². The lowest BCUT2D eigenvalue weighted by Gasteiger charge is -2.08. The molecule has 1 heterocycles. The van der Waals surface area contributed by atoms with Gasteiger partial charge in [-0.3, -0.25) is 9.59 Å². The van der Waals surface area contributed by atoms with Crippen LogP contribution in [0.1, 0.15) is 6.42 Å². The molecule has 0 aromatic heterocycles. The fraction of sp³-hybridized carbons (Fsp3) is 0.429. The van der Waals surface area contributed by atoms with Crippen molar-refractivity contribution < 1.29 is 22.7 Å². The van der Waals surface area contributed by atoms with Crippen LogP contribution in [0.25, 0.3) is 0 Å². The van der Waals surface area contributed by atoms with Crippen LogP contribution in [0.4, 0.5) is 5.69 Å². The minimum Gasteiger partial charge on any atom is -0.455 e. The Morgan fingerprint density at radius 2 is 2.00 bits per heavy atom. The van der Waals surface area contributed by atoms with Gasteiger partial charge in [-0.1, -0.05) is 11.6 Å². The molecule has 0 radical (unpaired) electrons. The van der Waals surface area contributed by atoms with E-state index < -0.39 is 21.7 Å². The number of rotatable bonds is 6. The summed E-state index contributed by atoms with van der Waals surface area (Å²) in [5.41, 5.74) is 0.556. The Morgan fingerprint density at radius 3 is 2.61 bits per heavy atom. The Kier molecular flexibility index (Phi) is 6.32. The van der Waals surface area contributed by atoms with E-state index >= 15 is 0 Å². The van der Waals surface area contributed by atoms with Crippen LogP contribution in [0.5, 0.6) is 0 Å². The van der Waals surface area contributed by atoms with Gasteiger partial charge in [0.05, 0.1) is 17.3 Å². The molecule has 0 bridgehead atoms. The third-order valence-electron chi connectivity index (χ3n) is 3.12. The first kappa shape index (κ1) is 18.1. The summed E-state index contributed by atoms with van der Waals surface area (Å²) in [5, 5.41) is 3.05. The molecule has 2 rings (SSSR count). The average Bonchev–Trinajstić information content (AvgIpc) is 2.85. The summed E-state index contributed by atoms with van der Waals surface area (Å²) in [4.78, 5) is 23.2. The molecule has 1 fully saturated rings. The zero-order valence-corrected chi connectivity index (χ0v) is 14.5. The molecule has 1 atom stereocenters. The highest BCUT2D eigenvalue weighted by molar-refractivity contribution is 8.02. The molecular weight excluding hydrogens is 362 g/mol. The van der Waals surface area contributed by atoms with Crippen LogP contribution in [0.2, 0.25) is 5.02 Å². The van der Waals surface area contributed by atoms with Crippen LogP contribution in [-0.4, -0.2) is 49.4 Å². The lowest BCUT2D eigenvalue weighted by atomic mass is 10.3. The number of benzene rings is 1. The smallest absolute Gasteiger partial charge is 0.316 e. The SMILES string of the molecule is O=C(COC(=O)CS[C@@H]1CCS(=O)(=O)C1)Nc1ccc(Cl)cc1. The van der Waals surface area contributed by atoms with E-state index in [-0.39, 0.29) is 29.1 Å². The van der Waals surface area contributed by atoms with Gasteiger partial charge in [0.15, 0.2) is 16.4 Å². The van der Waals surface area contributed by atoms with Gasteiger partial charge in [-0.2, -0.15) is 0 Å². The summed E-state index contributed by atoms with van der Waals surface area (Å²) in [6, 6.07) is 6.54. The molecule has 1 saturated heterocycles. The van der Waals surface area contributed by atoms with E-state index in [4.69, 9.17) is 16.3 Å². The van der Waals surface area contributed by atoms with Gasteiger partial charge in [0.25, 0.3) is 5.91 Å². The number of carbonyl (C=O) groups excluding carboxylic acids is 2. The van der Waals surface area contributed by atoms with Gasteiger partial charge in [-0.05, 0) is 30.7 Å². The highest BCUT2D eigenvalue weighted by Crippen LogP contribution is 2.24. The van der Waals surface area contributed by atoms with E-state index in [2.05, 4.69) is 5.32 Å². The number of esters is 1. The zero-order valence-electron chi connectivity index (χ0n) is 12.2. The summed E-state index contributed by atoms with van der Waals surface area (Å²) in [5.74, 6) is -0.681. The molecular formula is C14H16ClNO5S2. The van der Waals surface area contributed by atoms with Crippen molar-refractivity contribution in [3.8, 4) is 0 Å². The number of hydrogen-bond acceptors (Lipinski definition) is 6. The Labute approximate surface area is 143 Å². The van der Waals surface area contributed by atoms with Gasteiger partial charge in [0, 0.05) is 16.0 Å². The van der Waals surface area contributed by atoms with E-state index in [1.54, 1.807) is 24.3 Å². The summed E-state index contributed by atoms with van der Waals surface area (Å²) in [6.07, 6.45) is 0.553. The van der Waals surface area contributed by atoms with Crippen molar-refractivity contribution in [2.24, 2.45) is 0 Å². The normalized spacial score (nSPS) is 19.3. The lowest BCUT2D eigenvalue weighted by molar-refractivity contribution is -0.144. The number of halogens is 1. The second-order valence-electron chi connectivity index (χ2n) is 5.05. The number of carbonyl (C=O) groups is 2. The van der Waals surface area contributed by atoms with Gasteiger partial charge >= 0.3 is 5.97 Å². The summed E-state index contributed by atoms with van der Waals surface area (Å²) in [6.45, 7) is -0.384. The molecule has 9 heteroatoms. The maximum atomic E-state index is 11.6. The molecule has 23 heavy (non-hydrogen) atoms. The predicted molar refractivity (Wildman–Crippen MR) is 90.6 cm³/mol. The Morgan fingerprint density at radius 1 is 1.30 bits per heavy atom. The number of amides is 1. The maximum absolute atomic E-state index is 11.6. The second-order valence-corrected chi connectivity index (χ2v) is 9.01. The van der Waals surface area contributed by atoms with Gasteiger partial charge in [0.2, 0.25) is 0 Å². The second kappa shape index (κ2) is 8.03. The minimum absolute atomic E-state index is 0.0361. The van der Waals surface area contributed by atoms with E-state index in [0.29, 0.717) is 17.1 Å². The van der Waals surface area contributed by atoms with Crippen LogP contribution in [-0.2, 0) is 24.2 Å². The van der Waals surface area contributed by atoms with Gasteiger partial charge in [-0.15, -0.1) is 11.8 Å². The fourth-order valence-electron chi connectivity index (χ4n) is 2.00. The van der Waals surface area contributed by atoms with E-state index in [1.807, 2.05) is 0 Å². The monoisotopic (exact) mass is 377 g/mol. The van der Waals surface area contributed by atoms with Crippen molar-refractivity contribution in [3.05, 3.63) is 29.3 Å². The Bertz CT molecular complexity index is 675. The van der Waals surface area contributed by atoms with Gasteiger partial charge < -0.3 is 10.1 Å². The highest BCUT2D eigenvalue weighted by atomic mass is 35.5. The Hall–Kier alpha value is -1.25. The van der Waals surface area contributed by atoms with Crippen molar-refractivity contribution in [1.82, 2.24) is 0 Å². The summed E-state index contributed by atoms with van der Waals surface area (Å²) >= 11 is 6.99. The topological polar surface area (TPSA) is 89.5 Å². The molecule has 0 saturated carbocycles. The van der Waals surface area contributed by atoms with Gasteiger partial charge in [0.1, 0.15) is 0 Å². The lowest BCUT2D eigenvalue weighted by Crippen LogP contribution is -2.22. The molecule has 1 N–H and O–H groups in total. The van der Waals surface area contributed by atoms with E-state index in [9.17, 15) is 18.0 Å². The summed E-state index contributed by atoms with van der Waals surface area (Å²) in [7, 11) is -2.95. The standard InChI is InChI=1S/C14H16ClNO5S2/c15-10-1-3-11(4-2-10)16-13(17)7-21-14(18)8-22-12-5-6-23(19,20)9-12/h1-4,12H,5-9H2,(H,16,17)/t12-/m1/s1. The van der Waals surface area contributed by atoms with Crippen LogP contribution in [0.15, 0.2) is 24.3 Å². The van der Waals surface area contributed by atoms with Crippen molar-refractivity contribution in [2.75, 3.05) is 29.2 Å². The first-order chi connectivity index (χ1) is 10.8. The number of sulfone groups is 1. The first-order valence-electron chi connectivity index (χ1n) is 6.87. The van der Waals surface area contributed by atoms with Crippen molar-refractivity contribution >= 4 is 50.8 Å². The molecule has 6 nitrogen and oxygen atoms in total. The van der Waals surface area contributed by atoms with Crippen LogP contribution < -0.4 is 5.32 Å². The molecule has 0 aliphatic carbocycles. The summed E-state index contributed by atoms with van der Waals surface area (Å²) < 4.78 is 27.5. The third-order valence-corrected chi connectivity index (χ3v) is 6.63. The van der Waals surface area contributed by atoms with Crippen LogP contribution in [0, 0.1) is 0 Å². The number of nitrogens with one attached hydrogen (secondary N) is 1. The van der Waals surface area contributed by atoms with E-state index in [0.717, 1.165) is 0 Å². The minimum atomic E-state index is -2.95. The predicted octanol–water partition coefficient (Wildman–Crippen LogP) is 1.74. The molecule has 1 aromatic carbocycles. The van der Waals surface area contributed by atoms with E-state index in [1.165, 1.54) is 11.8 Å². The zero-order chi connectivity index (χ0) is 16.9. The molecule has 1 aliphatic heterocycles. The molecule has 126 valence electrons. The molecule has 1 aliphatic rings. The maximum Gasteiger partial charge on any atom is 0.316 e. The molecule has 0 unspecified atom stereocenters. The van der Waals surface area contributed by atoms with Crippen molar-refractivity contribution in [3.63, 3.8) is 0 Å². The van der Waals surface area contributed by atoms with Gasteiger partial charge in [-0.25, -0.2) is 8.42 Å². The number of thioether (sulfide) groups is 1. The molecule has 1 amide bonds.